The number of allylic oxidation sites excluding steroid dienone is 1. The molecule has 1 aromatic rings. The minimum atomic E-state index is -0.389. The van der Waals surface area contributed by atoms with Gasteiger partial charge >= 0.3 is 5.82 Å². The van der Waals surface area contributed by atoms with Gasteiger partial charge in [0, 0.05) is 5.57 Å². The van der Waals surface area contributed by atoms with Crippen LogP contribution in [0.1, 0.15) is 6.92 Å². The maximum absolute atomic E-state index is 14.7. The van der Waals surface area contributed by atoms with Gasteiger partial charge in [-0.25, -0.2) is 9.37 Å². The number of halogens is 1. The standard InChI is InChI=1S/C13H3FN4S4/c1-5(4-15)12-19-7-6(14)8-11(18-10(7)21-12)22-13(20-8)9(16-2)17-3/h1H3/b12-5+. The van der Waals surface area contributed by atoms with Crippen molar-refractivity contribution in [2.75, 3.05) is 0 Å². The molecule has 0 radical (unpaired) electrons. The first kappa shape index (κ1) is 15.3. The Labute approximate surface area is 142 Å². The molecule has 0 unspecified atom stereocenters. The zero-order valence-electron chi connectivity index (χ0n) is 10.8. The Balaban J connectivity index is 2.07. The third-order valence-electron chi connectivity index (χ3n) is 2.63. The van der Waals surface area contributed by atoms with Crippen LogP contribution in [0.2, 0.25) is 0 Å². The van der Waals surface area contributed by atoms with E-state index in [1.165, 1.54) is 23.5 Å². The molecular weight excluding hydrogens is 359 g/mol. The fourth-order valence-electron chi connectivity index (χ4n) is 1.61. The van der Waals surface area contributed by atoms with Gasteiger partial charge in [-0.1, -0.05) is 47.0 Å². The van der Waals surface area contributed by atoms with Crippen LogP contribution in [0.5, 0.6) is 0 Å². The number of hydrogen-bond donors (Lipinski definition) is 0. The highest BCUT2D eigenvalue weighted by atomic mass is 32.2. The van der Waals surface area contributed by atoms with E-state index in [0.717, 1.165) is 27.8 Å². The Morgan fingerprint density at radius 3 is 2.18 bits per heavy atom. The molecule has 0 amide bonds. The number of aromatic nitrogens is 1. The monoisotopic (exact) mass is 362 g/mol. The molecule has 0 aliphatic carbocycles. The average Bonchev–Trinajstić information content (AvgIpc) is 3.12. The number of rotatable bonds is 0. The van der Waals surface area contributed by atoms with E-state index in [9.17, 15) is 4.39 Å². The van der Waals surface area contributed by atoms with Crippen molar-refractivity contribution >= 4 is 47.0 Å². The van der Waals surface area contributed by atoms with Crippen molar-refractivity contribution in [3.8, 4) is 6.07 Å². The van der Waals surface area contributed by atoms with Crippen molar-refractivity contribution in [2.24, 2.45) is 0 Å². The molecule has 1 aromatic heterocycles. The van der Waals surface area contributed by atoms with E-state index in [2.05, 4.69) is 20.7 Å². The van der Waals surface area contributed by atoms with E-state index in [1.807, 2.05) is 0 Å². The van der Waals surface area contributed by atoms with Crippen LogP contribution in [0.15, 0.2) is 39.7 Å². The van der Waals surface area contributed by atoms with Gasteiger partial charge < -0.3 is 0 Å². The minimum absolute atomic E-state index is 0.0613. The smallest absolute Gasteiger partial charge is 0.232 e. The maximum Gasteiger partial charge on any atom is 0.540 e. The van der Waals surface area contributed by atoms with Crippen molar-refractivity contribution < 1.29 is 4.39 Å². The number of thioether (sulfide) groups is 4. The first-order valence-corrected chi connectivity index (χ1v) is 8.90. The number of fused-ring (bicyclic) bond motifs is 2. The summed E-state index contributed by atoms with van der Waals surface area (Å²) >= 11 is 4.71. The normalized spacial score (nSPS) is 17.1. The van der Waals surface area contributed by atoms with Gasteiger partial charge in [0.1, 0.15) is 27.4 Å². The summed E-state index contributed by atoms with van der Waals surface area (Å²) in [5.41, 5.74) is 0.539. The lowest BCUT2D eigenvalue weighted by Crippen LogP contribution is -1.90. The van der Waals surface area contributed by atoms with Crippen molar-refractivity contribution in [3.05, 3.63) is 48.5 Å². The highest BCUT2D eigenvalue weighted by molar-refractivity contribution is 8.25. The molecule has 0 N–H and O–H groups in total. The summed E-state index contributed by atoms with van der Waals surface area (Å²) in [4.78, 5) is 11.5. The molecule has 3 rings (SSSR count). The molecule has 0 aromatic carbocycles. The van der Waals surface area contributed by atoms with E-state index in [0.29, 0.717) is 29.7 Å². The van der Waals surface area contributed by atoms with Gasteiger partial charge in [0.15, 0.2) is 5.82 Å². The molecular formula is C13H3FN4S4. The first-order chi connectivity index (χ1) is 10.6. The lowest BCUT2D eigenvalue weighted by Gasteiger charge is -2.02. The fraction of sp³-hybridized carbons (Fsp3) is 0.0769. The topological polar surface area (TPSA) is 45.4 Å². The van der Waals surface area contributed by atoms with Crippen molar-refractivity contribution in [3.63, 3.8) is 0 Å². The van der Waals surface area contributed by atoms with E-state index in [4.69, 9.17) is 18.4 Å². The predicted molar refractivity (Wildman–Crippen MR) is 86.2 cm³/mol. The van der Waals surface area contributed by atoms with Crippen LogP contribution in [0, 0.1) is 30.3 Å². The van der Waals surface area contributed by atoms with Crippen LogP contribution < -0.4 is 0 Å². The van der Waals surface area contributed by atoms with Gasteiger partial charge in [-0.15, -0.1) is 0 Å². The van der Waals surface area contributed by atoms with Gasteiger partial charge in [0.2, 0.25) is 0 Å². The molecule has 0 saturated carbocycles. The summed E-state index contributed by atoms with van der Waals surface area (Å²) in [5, 5.41) is 9.95. The van der Waals surface area contributed by atoms with Crippen LogP contribution >= 0.6 is 47.0 Å². The number of nitriles is 1. The van der Waals surface area contributed by atoms with Crippen molar-refractivity contribution in [1.29, 1.82) is 5.26 Å². The number of nitrogens with zero attached hydrogens (tertiary/aromatic N) is 4. The molecule has 2 aliphatic heterocycles. The van der Waals surface area contributed by atoms with Gasteiger partial charge in [0.05, 0.1) is 20.1 Å². The molecule has 0 fully saturated rings. The predicted octanol–water partition coefficient (Wildman–Crippen LogP) is 5.34. The Kier molecular flexibility index (Phi) is 4.12. The molecule has 3 heterocycles. The summed E-state index contributed by atoms with van der Waals surface area (Å²) in [7, 11) is 0. The fourth-order valence-corrected chi connectivity index (χ4v) is 6.31. The second kappa shape index (κ2) is 5.91. The second-order valence-electron chi connectivity index (χ2n) is 3.96. The Bertz CT molecular complexity index is 883. The Morgan fingerprint density at radius 1 is 1.09 bits per heavy atom. The lowest BCUT2D eigenvalue weighted by atomic mass is 10.4. The summed E-state index contributed by atoms with van der Waals surface area (Å²) < 4.78 is 15.9. The first-order valence-electron chi connectivity index (χ1n) is 5.64. The zero-order valence-corrected chi connectivity index (χ0v) is 14.1. The summed E-state index contributed by atoms with van der Waals surface area (Å²) in [5.74, 6) is -0.450. The third-order valence-corrected chi connectivity index (χ3v) is 7.74. The molecule has 0 saturated heterocycles. The van der Waals surface area contributed by atoms with Gasteiger partial charge in [-0.3, -0.25) is 0 Å². The SMILES string of the molecule is [C-]#[N+]C([N+]#[C-])=C1Sc2nc3c(c(F)c2S1)S/C(=C(/C)C#N)S3. The van der Waals surface area contributed by atoms with Crippen molar-refractivity contribution in [2.45, 2.75) is 26.8 Å². The summed E-state index contributed by atoms with van der Waals surface area (Å²) in [6, 6.07) is 2.06. The number of pyridine rings is 1. The molecule has 0 bridgehead atoms. The van der Waals surface area contributed by atoms with Gasteiger partial charge in [-0.05, 0) is 6.92 Å². The third kappa shape index (κ3) is 2.39. The van der Waals surface area contributed by atoms with E-state index >= 15 is 0 Å². The van der Waals surface area contributed by atoms with Gasteiger partial charge in [0.25, 0.3) is 0 Å². The zero-order chi connectivity index (χ0) is 15.9. The molecule has 106 valence electrons. The lowest BCUT2D eigenvalue weighted by molar-refractivity contribution is 0.545. The van der Waals surface area contributed by atoms with Crippen LogP contribution in [0.4, 0.5) is 4.39 Å². The van der Waals surface area contributed by atoms with E-state index < -0.39 is 0 Å². The highest BCUT2D eigenvalue weighted by Crippen LogP contribution is 2.59. The van der Waals surface area contributed by atoms with Crippen LogP contribution in [-0.4, -0.2) is 4.98 Å². The molecule has 9 heteroatoms. The van der Waals surface area contributed by atoms with E-state index in [1.54, 1.807) is 6.92 Å². The number of hydrogen-bond acceptors (Lipinski definition) is 6. The van der Waals surface area contributed by atoms with Crippen LogP contribution in [-0.2, 0) is 0 Å². The molecule has 0 spiro atoms. The van der Waals surface area contributed by atoms with Crippen LogP contribution in [0.25, 0.3) is 9.69 Å². The average molecular weight is 362 g/mol. The maximum atomic E-state index is 14.7. The molecule has 0 atom stereocenters. The highest BCUT2D eigenvalue weighted by Gasteiger charge is 2.35. The summed E-state index contributed by atoms with van der Waals surface area (Å²) in [6.45, 7) is 15.6. The van der Waals surface area contributed by atoms with Crippen molar-refractivity contribution in [1.82, 2.24) is 4.98 Å². The Morgan fingerprint density at radius 2 is 1.64 bits per heavy atom. The molecule has 22 heavy (non-hydrogen) atoms. The minimum Gasteiger partial charge on any atom is -0.232 e. The Hall–Kier alpha value is -1.57. The molecule has 4 nitrogen and oxygen atoms in total. The van der Waals surface area contributed by atoms with Gasteiger partial charge in [-0.2, -0.15) is 15.0 Å². The summed E-state index contributed by atoms with van der Waals surface area (Å²) in [6.07, 6.45) is 0. The second-order valence-corrected chi connectivity index (χ2v) is 8.52. The quantitative estimate of drug-likeness (QED) is 0.459. The van der Waals surface area contributed by atoms with E-state index in [-0.39, 0.29) is 11.6 Å². The molecule has 2 aliphatic rings. The largest absolute Gasteiger partial charge is 0.540 e. The van der Waals surface area contributed by atoms with Crippen LogP contribution in [0.3, 0.4) is 0 Å².